The lowest BCUT2D eigenvalue weighted by Gasteiger charge is -2.19. The third kappa shape index (κ3) is 4.82. The minimum Gasteiger partial charge on any atom is -0.591 e. The van der Waals surface area contributed by atoms with Crippen LogP contribution in [0.1, 0.15) is 31.9 Å². The van der Waals surface area contributed by atoms with Gasteiger partial charge in [0.25, 0.3) is 0 Å². The summed E-state index contributed by atoms with van der Waals surface area (Å²) in [6.45, 7) is 5.62. The predicted molar refractivity (Wildman–Crippen MR) is 97.5 cm³/mol. The first-order valence-corrected chi connectivity index (χ1v) is 8.79. The molecule has 0 heterocycles. The third-order valence-corrected chi connectivity index (χ3v) is 4.85. The van der Waals surface area contributed by atoms with Crippen LogP contribution in [0.3, 0.4) is 0 Å². The maximum Gasteiger partial charge on any atom is 0.165 e. The monoisotopic (exact) mass is 347 g/mol. The van der Waals surface area contributed by atoms with Crippen molar-refractivity contribution in [3.63, 3.8) is 0 Å². The Bertz CT molecular complexity index is 711. The Morgan fingerprint density at radius 3 is 2.42 bits per heavy atom. The van der Waals surface area contributed by atoms with Gasteiger partial charge in [0.2, 0.25) is 0 Å². The van der Waals surface area contributed by atoms with E-state index in [1.165, 1.54) is 13.2 Å². The smallest absolute Gasteiger partial charge is 0.165 e. The molecule has 1 unspecified atom stereocenters. The summed E-state index contributed by atoms with van der Waals surface area (Å²) < 4.78 is 35.2. The summed E-state index contributed by atoms with van der Waals surface area (Å²) >= 11 is -1.40. The van der Waals surface area contributed by atoms with E-state index in [1.807, 2.05) is 51.1 Å². The first-order chi connectivity index (χ1) is 11.3. The molecule has 2 aromatic carbocycles. The molecule has 0 aliphatic rings. The van der Waals surface area contributed by atoms with Crippen LogP contribution in [0.4, 0.5) is 4.39 Å². The number of nitrogens with zero attached hydrogens (tertiary/aromatic N) is 1. The minimum absolute atomic E-state index is 0.148. The standard InChI is InChI=1S/C19H22FNO2S/c1-19(2,3)24(22)21-17(12-14-8-6-5-7-9-14)15-10-11-16(20)18(13-15)23-4/h5-11,13H,12H2,1-4H3/b21-17-. The lowest BCUT2D eigenvalue weighted by Crippen LogP contribution is -2.27. The quantitative estimate of drug-likeness (QED) is 0.597. The average molecular weight is 347 g/mol. The highest BCUT2D eigenvalue weighted by Gasteiger charge is 2.27. The molecule has 1 atom stereocenters. The first kappa shape index (κ1) is 18.5. The number of ether oxygens (including phenoxy) is 1. The molecule has 0 bridgehead atoms. The van der Waals surface area contributed by atoms with E-state index in [1.54, 1.807) is 12.1 Å². The van der Waals surface area contributed by atoms with Gasteiger partial charge in [-0.05, 0) is 44.5 Å². The van der Waals surface area contributed by atoms with E-state index >= 15 is 0 Å². The topological polar surface area (TPSA) is 44.6 Å². The summed E-state index contributed by atoms with van der Waals surface area (Å²) in [6.07, 6.45) is 0.511. The molecular weight excluding hydrogens is 325 g/mol. The van der Waals surface area contributed by atoms with Crippen LogP contribution in [0.5, 0.6) is 5.75 Å². The van der Waals surface area contributed by atoms with E-state index in [9.17, 15) is 8.94 Å². The van der Waals surface area contributed by atoms with Gasteiger partial charge in [0, 0.05) is 12.0 Å². The molecule has 0 N–H and O–H groups in total. The Morgan fingerprint density at radius 2 is 1.83 bits per heavy atom. The highest BCUT2D eigenvalue weighted by molar-refractivity contribution is 7.91. The van der Waals surface area contributed by atoms with Gasteiger partial charge in [-0.15, -0.1) is 0 Å². The first-order valence-electron chi connectivity index (χ1n) is 7.68. The van der Waals surface area contributed by atoms with E-state index in [4.69, 9.17) is 4.74 Å². The van der Waals surface area contributed by atoms with E-state index in [0.717, 1.165) is 5.56 Å². The van der Waals surface area contributed by atoms with Crippen molar-refractivity contribution >= 4 is 17.1 Å². The maximum atomic E-state index is 13.7. The van der Waals surface area contributed by atoms with Crippen molar-refractivity contribution in [1.29, 1.82) is 0 Å². The van der Waals surface area contributed by atoms with Crippen LogP contribution in [0.25, 0.3) is 0 Å². The molecule has 2 rings (SSSR count). The molecule has 0 aliphatic carbocycles. The van der Waals surface area contributed by atoms with Gasteiger partial charge < -0.3 is 9.29 Å². The number of rotatable bonds is 5. The largest absolute Gasteiger partial charge is 0.591 e. The van der Waals surface area contributed by atoms with Crippen LogP contribution in [0.15, 0.2) is 52.9 Å². The highest BCUT2D eigenvalue weighted by Crippen LogP contribution is 2.23. The van der Waals surface area contributed by atoms with Crippen molar-refractivity contribution in [2.45, 2.75) is 31.9 Å². The molecule has 0 spiro atoms. The van der Waals surface area contributed by atoms with Crippen molar-refractivity contribution in [2.24, 2.45) is 4.40 Å². The van der Waals surface area contributed by atoms with Gasteiger partial charge >= 0.3 is 0 Å². The molecule has 0 aliphatic heterocycles. The second kappa shape index (κ2) is 7.81. The molecule has 0 amide bonds. The van der Waals surface area contributed by atoms with Gasteiger partial charge in [-0.25, -0.2) is 4.39 Å². The zero-order chi connectivity index (χ0) is 17.7. The fourth-order valence-corrected chi connectivity index (χ4v) is 2.70. The highest BCUT2D eigenvalue weighted by atomic mass is 32.2. The van der Waals surface area contributed by atoms with Crippen molar-refractivity contribution in [1.82, 2.24) is 0 Å². The van der Waals surface area contributed by atoms with Gasteiger partial charge in [0.1, 0.15) is 21.8 Å². The molecule has 24 heavy (non-hydrogen) atoms. The molecule has 5 heteroatoms. The van der Waals surface area contributed by atoms with Crippen molar-refractivity contribution in [3.8, 4) is 5.75 Å². The molecule has 0 radical (unpaired) electrons. The molecule has 2 aromatic rings. The van der Waals surface area contributed by atoms with Gasteiger partial charge in [0.05, 0.1) is 7.11 Å². The summed E-state index contributed by atoms with van der Waals surface area (Å²) in [4.78, 5) is 0. The van der Waals surface area contributed by atoms with Crippen molar-refractivity contribution in [2.75, 3.05) is 7.11 Å². The zero-order valence-corrected chi connectivity index (χ0v) is 15.2. The lowest BCUT2D eigenvalue weighted by atomic mass is 10.0. The second-order valence-corrected chi connectivity index (χ2v) is 8.32. The third-order valence-electron chi connectivity index (χ3n) is 3.42. The number of halogens is 1. The van der Waals surface area contributed by atoms with E-state index in [0.29, 0.717) is 17.7 Å². The predicted octanol–water partition coefficient (Wildman–Crippen LogP) is 4.33. The van der Waals surface area contributed by atoms with E-state index < -0.39 is 21.9 Å². The lowest BCUT2D eigenvalue weighted by molar-refractivity contribution is 0.386. The summed E-state index contributed by atoms with van der Waals surface area (Å²) in [5.74, 6) is -0.285. The Hall–Kier alpha value is -1.85. The fourth-order valence-electron chi connectivity index (χ4n) is 2.05. The Balaban J connectivity index is 2.44. The molecular formula is C19H22FNO2S. The normalized spacial score (nSPS) is 13.7. The van der Waals surface area contributed by atoms with Crippen LogP contribution in [-0.2, 0) is 17.8 Å². The molecule has 0 saturated carbocycles. The van der Waals surface area contributed by atoms with Gasteiger partial charge in [-0.1, -0.05) is 34.7 Å². The van der Waals surface area contributed by atoms with Crippen molar-refractivity contribution in [3.05, 3.63) is 65.5 Å². The average Bonchev–Trinajstić information content (AvgIpc) is 2.54. The van der Waals surface area contributed by atoms with Crippen LogP contribution < -0.4 is 4.74 Å². The number of benzene rings is 2. The number of methoxy groups -OCH3 is 1. The molecule has 128 valence electrons. The summed E-state index contributed by atoms with van der Waals surface area (Å²) in [5.41, 5.74) is 2.40. The maximum absolute atomic E-state index is 13.7. The Labute approximate surface area is 145 Å². The SMILES string of the molecule is COc1cc(/C(Cc2ccccc2)=N\[S+]([O-])C(C)(C)C)ccc1F. The Morgan fingerprint density at radius 1 is 1.17 bits per heavy atom. The molecule has 0 aromatic heterocycles. The molecule has 3 nitrogen and oxygen atoms in total. The second-order valence-electron chi connectivity index (χ2n) is 6.41. The van der Waals surface area contributed by atoms with Gasteiger partial charge in [-0.3, -0.25) is 0 Å². The molecule has 0 fully saturated rings. The Kier molecular flexibility index (Phi) is 6.02. The summed E-state index contributed by atoms with van der Waals surface area (Å²) in [5, 5.41) is 0. The van der Waals surface area contributed by atoms with Crippen LogP contribution >= 0.6 is 0 Å². The van der Waals surface area contributed by atoms with E-state index in [-0.39, 0.29) is 5.75 Å². The summed E-state index contributed by atoms with van der Waals surface area (Å²) in [6, 6.07) is 14.4. The number of hydrogen-bond acceptors (Lipinski definition) is 3. The minimum atomic E-state index is -1.40. The summed E-state index contributed by atoms with van der Waals surface area (Å²) in [7, 11) is 1.42. The number of hydrogen-bond donors (Lipinski definition) is 0. The van der Waals surface area contributed by atoms with Crippen molar-refractivity contribution < 1.29 is 13.7 Å². The van der Waals surface area contributed by atoms with E-state index in [2.05, 4.69) is 4.40 Å². The van der Waals surface area contributed by atoms with Crippen LogP contribution in [-0.4, -0.2) is 22.1 Å². The fraction of sp³-hybridized carbons (Fsp3) is 0.316. The van der Waals surface area contributed by atoms with Gasteiger partial charge in [-0.2, -0.15) is 0 Å². The van der Waals surface area contributed by atoms with Crippen LogP contribution in [0.2, 0.25) is 0 Å². The zero-order valence-electron chi connectivity index (χ0n) is 14.4. The van der Waals surface area contributed by atoms with Gasteiger partial charge in [0.15, 0.2) is 11.6 Å². The van der Waals surface area contributed by atoms with Crippen LogP contribution in [0, 0.1) is 5.82 Å². The molecule has 0 saturated heterocycles.